The predicted octanol–water partition coefficient (Wildman–Crippen LogP) is 21.8. The molecule has 10 heteroatoms. The summed E-state index contributed by atoms with van der Waals surface area (Å²) < 4.78 is 30.8. The number of hydrogen-bond donors (Lipinski definition) is 2. The minimum absolute atomic E-state index is 0.0397. The van der Waals surface area contributed by atoms with Crippen molar-refractivity contribution in [2.24, 2.45) is 0 Å². The molecule has 3 atom stereocenters. The molecule has 9 nitrogen and oxygen atoms in total. The van der Waals surface area contributed by atoms with Crippen molar-refractivity contribution >= 4 is 19.7 Å². The van der Waals surface area contributed by atoms with Crippen LogP contribution in [0.1, 0.15) is 329 Å². The minimum atomic E-state index is -4.45. The van der Waals surface area contributed by atoms with E-state index < -0.39 is 20.0 Å². The van der Waals surface area contributed by atoms with Crippen molar-refractivity contribution in [3.8, 4) is 0 Å². The summed E-state index contributed by atoms with van der Waals surface area (Å²) in [5, 5.41) is 3.07. The van der Waals surface area contributed by atoms with Crippen molar-refractivity contribution in [1.82, 2.24) is 5.32 Å². The molecule has 0 aliphatic rings. The summed E-state index contributed by atoms with van der Waals surface area (Å²) in [6, 6.07) is -0.850. The van der Waals surface area contributed by atoms with Crippen molar-refractivity contribution in [1.29, 1.82) is 0 Å². The molecule has 0 heterocycles. The fourth-order valence-electron chi connectivity index (χ4n) is 10.1. The second-order valence-electron chi connectivity index (χ2n) is 24.7. The molecule has 0 rings (SSSR count). The summed E-state index contributed by atoms with van der Waals surface area (Å²) in [6.45, 7) is 6.99. The fourth-order valence-corrected chi connectivity index (χ4v) is 10.8. The number of esters is 1. The molecular weight excluding hydrogens is 1020 g/mol. The van der Waals surface area contributed by atoms with E-state index in [0.717, 1.165) is 70.6 Å². The summed E-state index contributed by atoms with van der Waals surface area (Å²) in [5.41, 5.74) is 0. The molecule has 0 aliphatic carbocycles. The number of hydrogen-bond acceptors (Lipinski definition) is 6. The maximum atomic E-state index is 13.6. The molecule has 0 aromatic heterocycles. The summed E-state index contributed by atoms with van der Waals surface area (Å²) in [7, 11) is 1.50. The summed E-state index contributed by atoms with van der Waals surface area (Å²) in [4.78, 5) is 37.8. The number of quaternary nitrogens is 1. The van der Waals surface area contributed by atoms with Gasteiger partial charge in [-0.2, -0.15) is 0 Å². The quantitative estimate of drug-likeness (QED) is 0.0205. The Morgan fingerprint density at radius 3 is 1.14 bits per heavy atom. The standard InChI is InChI=1S/C71H133N2O7P/c1-7-10-13-16-19-22-25-27-29-31-33-35-36-38-40-42-44-46-49-52-55-58-61-64-71(75)80-69(62-59-56-53-50-47-24-21-18-15-12-9-3)68(67-79-81(76,77)78-66-65-73(4,5)6)72-70(74)63-60-57-54-51-48-45-43-41-39-37-34-32-30-28-26-23-20-17-14-11-8-2/h19-20,22-23,27-30,59,62,68-69H,7-18,21,24-26,31-58,60-61,63-67H2,1-6H3,(H-,72,74,76,77)/p+1/b22-19-,23-20-,29-27-,30-28-,62-59+. The van der Waals surface area contributed by atoms with Gasteiger partial charge in [0.1, 0.15) is 19.3 Å². The van der Waals surface area contributed by atoms with Gasteiger partial charge >= 0.3 is 13.8 Å². The topological polar surface area (TPSA) is 111 Å². The average Bonchev–Trinajstić information content (AvgIpc) is 3.44. The summed E-state index contributed by atoms with van der Waals surface area (Å²) >= 11 is 0. The number of allylic oxidation sites excluding steroid dienone is 9. The number of likely N-dealkylation sites (N-methyl/N-ethyl adjacent to an activating group) is 1. The second kappa shape index (κ2) is 60.8. The van der Waals surface area contributed by atoms with Gasteiger partial charge in [0.05, 0.1) is 33.8 Å². The highest BCUT2D eigenvalue weighted by Crippen LogP contribution is 2.43. The highest BCUT2D eigenvalue weighted by atomic mass is 31.2. The van der Waals surface area contributed by atoms with Crippen molar-refractivity contribution in [2.45, 2.75) is 341 Å². The second-order valence-corrected chi connectivity index (χ2v) is 26.1. The molecule has 81 heavy (non-hydrogen) atoms. The van der Waals surface area contributed by atoms with Gasteiger partial charge in [-0.15, -0.1) is 0 Å². The van der Waals surface area contributed by atoms with Gasteiger partial charge in [0.15, 0.2) is 0 Å². The molecule has 3 unspecified atom stereocenters. The first-order valence-electron chi connectivity index (χ1n) is 34.6. The number of amides is 1. The van der Waals surface area contributed by atoms with Crippen molar-refractivity contribution in [3.63, 3.8) is 0 Å². The van der Waals surface area contributed by atoms with Crippen molar-refractivity contribution < 1.29 is 37.3 Å². The van der Waals surface area contributed by atoms with Crippen LogP contribution in [0, 0.1) is 0 Å². The van der Waals surface area contributed by atoms with E-state index in [9.17, 15) is 19.0 Å². The lowest BCUT2D eigenvalue weighted by Gasteiger charge is -2.27. The highest BCUT2D eigenvalue weighted by molar-refractivity contribution is 7.47. The first-order valence-corrected chi connectivity index (χ1v) is 36.1. The van der Waals surface area contributed by atoms with E-state index >= 15 is 0 Å². The number of carbonyl (C=O) groups excluding carboxylic acids is 2. The third-order valence-corrected chi connectivity index (χ3v) is 16.4. The number of phosphoric acid groups is 1. The Labute approximate surface area is 502 Å². The third-order valence-electron chi connectivity index (χ3n) is 15.4. The van der Waals surface area contributed by atoms with Crippen LogP contribution < -0.4 is 5.32 Å². The largest absolute Gasteiger partial charge is 0.472 e. The minimum Gasteiger partial charge on any atom is -0.456 e. The number of unbranched alkanes of at least 4 members (excludes halogenated alkanes) is 39. The first-order chi connectivity index (χ1) is 39.4. The SMILES string of the molecule is CCCCC/C=C\C/C=C\CCCCCCCCCCCCCCCC(=O)OC(/C=C/CCCCCCCCCCC)C(COP(=O)(O)OCC[N+](C)(C)C)NC(=O)CCCCCCCCCCCCC/C=C\C/C=C\CCCCC. The van der Waals surface area contributed by atoms with Crippen LogP contribution in [-0.4, -0.2) is 74.3 Å². The van der Waals surface area contributed by atoms with Gasteiger partial charge in [-0.3, -0.25) is 18.6 Å². The Hall–Kier alpha value is -2.29. The Balaban J connectivity index is 5.05. The number of rotatable bonds is 63. The number of nitrogens with zero attached hydrogens (tertiary/aromatic N) is 1. The van der Waals surface area contributed by atoms with Crippen LogP contribution in [0.2, 0.25) is 0 Å². The van der Waals surface area contributed by atoms with Gasteiger partial charge in [0.2, 0.25) is 5.91 Å². The lowest BCUT2D eigenvalue weighted by molar-refractivity contribution is -0.870. The maximum Gasteiger partial charge on any atom is 0.472 e. The van der Waals surface area contributed by atoms with Crippen LogP contribution in [0.3, 0.4) is 0 Å². The smallest absolute Gasteiger partial charge is 0.456 e. The number of nitrogens with one attached hydrogen (secondary N) is 1. The molecule has 0 aromatic carbocycles. The van der Waals surface area contributed by atoms with E-state index in [2.05, 4.69) is 74.7 Å². The highest BCUT2D eigenvalue weighted by Gasteiger charge is 2.30. The zero-order valence-corrected chi connectivity index (χ0v) is 55.2. The molecule has 0 saturated heterocycles. The average molecular weight is 1160 g/mol. The van der Waals surface area contributed by atoms with Crippen LogP contribution in [0.5, 0.6) is 0 Å². The van der Waals surface area contributed by atoms with Gasteiger partial charge in [0.25, 0.3) is 0 Å². The Bertz CT molecular complexity index is 1570. The van der Waals surface area contributed by atoms with Gasteiger partial charge in [-0.25, -0.2) is 4.57 Å². The molecule has 0 aliphatic heterocycles. The predicted molar refractivity (Wildman–Crippen MR) is 351 cm³/mol. The van der Waals surface area contributed by atoms with Crippen molar-refractivity contribution in [2.75, 3.05) is 40.9 Å². The molecule has 0 saturated carbocycles. The molecular formula is C71H134N2O7P+. The molecule has 1 amide bonds. The van der Waals surface area contributed by atoms with Crippen LogP contribution >= 0.6 is 7.82 Å². The molecule has 0 spiro atoms. The van der Waals surface area contributed by atoms with Gasteiger partial charge in [0, 0.05) is 12.8 Å². The van der Waals surface area contributed by atoms with E-state index in [1.165, 1.54) is 225 Å². The zero-order chi connectivity index (χ0) is 59.3. The van der Waals surface area contributed by atoms with Crippen LogP contribution in [0.4, 0.5) is 0 Å². The molecule has 0 bridgehead atoms. The molecule has 0 aromatic rings. The third kappa shape index (κ3) is 62.1. The summed E-state index contributed by atoms with van der Waals surface area (Å²) in [6.07, 6.45) is 78.0. The van der Waals surface area contributed by atoms with Gasteiger partial charge in [-0.05, 0) is 96.0 Å². The molecule has 0 fully saturated rings. The normalized spacial score (nSPS) is 13.9. The van der Waals surface area contributed by atoms with Crippen molar-refractivity contribution in [3.05, 3.63) is 60.8 Å². The lowest BCUT2D eigenvalue weighted by atomic mass is 10.0. The van der Waals surface area contributed by atoms with Crippen LogP contribution in [-0.2, 0) is 27.9 Å². The molecule has 2 N–H and O–H groups in total. The number of phosphoric ester groups is 1. The monoisotopic (exact) mass is 1160 g/mol. The van der Waals surface area contributed by atoms with E-state index in [4.69, 9.17) is 13.8 Å². The van der Waals surface area contributed by atoms with Gasteiger partial charge in [-0.1, -0.05) is 281 Å². The van der Waals surface area contributed by atoms with E-state index in [-0.39, 0.29) is 25.1 Å². The van der Waals surface area contributed by atoms with Crippen LogP contribution in [0.15, 0.2) is 60.8 Å². The molecule has 0 radical (unpaired) electrons. The Kier molecular flexibility index (Phi) is 59.1. The maximum absolute atomic E-state index is 13.6. The van der Waals surface area contributed by atoms with E-state index in [1.807, 2.05) is 33.3 Å². The molecule has 474 valence electrons. The Morgan fingerprint density at radius 1 is 0.432 bits per heavy atom. The Morgan fingerprint density at radius 2 is 0.753 bits per heavy atom. The van der Waals surface area contributed by atoms with Gasteiger partial charge < -0.3 is 19.4 Å². The fraction of sp³-hybridized carbons (Fsp3) is 0.831. The van der Waals surface area contributed by atoms with Crippen LogP contribution in [0.25, 0.3) is 0 Å². The summed E-state index contributed by atoms with van der Waals surface area (Å²) in [5.74, 6) is -0.498. The van der Waals surface area contributed by atoms with E-state index in [1.54, 1.807) is 0 Å². The first kappa shape index (κ1) is 78.7. The number of ether oxygens (including phenoxy) is 1. The number of carbonyl (C=O) groups is 2. The zero-order valence-electron chi connectivity index (χ0n) is 54.3. The van der Waals surface area contributed by atoms with E-state index in [0.29, 0.717) is 23.9 Å². The lowest BCUT2D eigenvalue weighted by Crippen LogP contribution is -2.47.